The molecule has 0 bridgehead atoms. The fraction of sp³-hybridized carbons (Fsp3) is 0.143. The Labute approximate surface area is 97.8 Å². The van der Waals surface area contributed by atoms with E-state index in [1.54, 1.807) is 11.8 Å². The third-order valence-electron chi connectivity index (χ3n) is 1.22. The summed E-state index contributed by atoms with van der Waals surface area (Å²) in [5.74, 6) is 0. The summed E-state index contributed by atoms with van der Waals surface area (Å²) in [6.07, 6.45) is 2.08. The SMILES string of the molecule is CSc1c(I)cc(N)cc1I. The maximum absolute atomic E-state index is 5.66. The molecule has 0 aliphatic carbocycles. The highest BCUT2D eigenvalue weighted by Crippen LogP contribution is 2.29. The van der Waals surface area contributed by atoms with Crippen molar-refractivity contribution < 1.29 is 0 Å². The van der Waals surface area contributed by atoms with Crippen LogP contribution in [0.1, 0.15) is 0 Å². The van der Waals surface area contributed by atoms with E-state index in [0.29, 0.717) is 0 Å². The summed E-state index contributed by atoms with van der Waals surface area (Å²) in [5, 5.41) is 0. The lowest BCUT2D eigenvalue weighted by Crippen LogP contribution is -1.90. The van der Waals surface area contributed by atoms with Crippen LogP contribution < -0.4 is 5.73 Å². The van der Waals surface area contributed by atoms with Gasteiger partial charge in [-0.25, -0.2) is 0 Å². The summed E-state index contributed by atoms with van der Waals surface area (Å²) in [5.41, 5.74) is 6.51. The zero-order chi connectivity index (χ0) is 8.43. The van der Waals surface area contributed by atoms with Gasteiger partial charge in [0.25, 0.3) is 0 Å². The van der Waals surface area contributed by atoms with E-state index >= 15 is 0 Å². The number of nitrogens with two attached hydrogens (primary N) is 1. The summed E-state index contributed by atoms with van der Waals surface area (Å²) in [6, 6.07) is 3.99. The Morgan fingerprint density at radius 3 is 2.09 bits per heavy atom. The molecule has 4 heteroatoms. The molecule has 0 saturated carbocycles. The number of thioether (sulfide) groups is 1. The van der Waals surface area contributed by atoms with Crippen LogP contribution in [0.3, 0.4) is 0 Å². The van der Waals surface area contributed by atoms with Crippen molar-refractivity contribution in [3.63, 3.8) is 0 Å². The van der Waals surface area contributed by atoms with Crippen LogP contribution in [0.4, 0.5) is 5.69 Å². The largest absolute Gasteiger partial charge is 0.399 e. The van der Waals surface area contributed by atoms with E-state index < -0.39 is 0 Å². The first-order valence-electron chi connectivity index (χ1n) is 2.93. The molecule has 0 unspecified atom stereocenters. The lowest BCUT2D eigenvalue weighted by Gasteiger charge is -2.04. The fourth-order valence-electron chi connectivity index (χ4n) is 0.774. The topological polar surface area (TPSA) is 26.0 Å². The van der Waals surface area contributed by atoms with Gasteiger partial charge in [-0.2, -0.15) is 0 Å². The number of nitrogen functional groups attached to an aromatic ring is 1. The van der Waals surface area contributed by atoms with Crippen LogP contribution in [0.5, 0.6) is 0 Å². The molecule has 0 aliphatic heterocycles. The molecule has 0 radical (unpaired) electrons. The normalized spacial score (nSPS) is 10.1. The summed E-state index contributed by atoms with van der Waals surface area (Å²) in [4.78, 5) is 1.32. The fourth-order valence-corrected chi connectivity index (χ4v) is 4.42. The molecule has 0 aromatic heterocycles. The van der Waals surface area contributed by atoms with Crippen LogP contribution in [0.25, 0.3) is 0 Å². The van der Waals surface area contributed by atoms with E-state index in [-0.39, 0.29) is 0 Å². The molecule has 0 spiro atoms. The highest BCUT2D eigenvalue weighted by atomic mass is 127. The van der Waals surface area contributed by atoms with Gasteiger partial charge in [-0.1, -0.05) is 0 Å². The second kappa shape index (κ2) is 4.18. The number of anilines is 1. The van der Waals surface area contributed by atoms with E-state index in [2.05, 4.69) is 51.4 Å². The van der Waals surface area contributed by atoms with E-state index in [1.807, 2.05) is 12.1 Å². The second-order valence-electron chi connectivity index (χ2n) is 2.02. The molecular weight excluding hydrogens is 384 g/mol. The minimum absolute atomic E-state index is 0.844. The van der Waals surface area contributed by atoms with Crippen molar-refractivity contribution in [2.24, 2.45) is 0 Å². The number of halogens is 2. The summed E-state index contributed by atoms with van der Waals surface area (Å²) < 4.78 is 2.47. The van der Waals surface area contributed by atoms with Crippen LogP contribution in [0, 0.1) is 7.14 Å². The van der Waals surface area contributed by atoms with Gasteiger partial charge in [-0.05, 0) is 63.6 Å². The third-order valence-corrected chi connectivity index (χ3v) is 4.51. The van der Waals surface area contributed by atoms with Gasteiger partial charge in [-0.3, -0.25) is 0 Å². The number of benzene rings is 1. The van der Waals surface area contributed by atoms with Gasteiger partial charge in [-0.15, -0.1) is 11.8 Å². The van der Waals surface area contributed by atoms with Crippen LogP contribution in [0.2, 0.25) is 0 Å². The Bertz CT molecular complexity index is 252. The van der Waals surface area contributed by atoms with Gasteiger partial charge in [0.1, 0.15) is 0 Å². The molecule has 11 heavy (non-hydrogen) atoms. The first kappa shape index (κ1) is 9.91. The summed E-state index contributed by atoms with van der Waals surface area (Å²) in [7, 11) is 0. The minimum Gasteiger partial charge on any atom is -0.399 e. The van der Waals surface area contributed by atoms with Crippen molar-refractivity contribution in [1.82, 2.24) is 0 Å². The molecule has 1 rings (SSSR count). The lowest BCUT2D eigenvalue weighted by atomic mass is 10.3. The van der Waals surface area contributed by atoms with Crippen LogP contribution in [0.15, 0.2) is 17.0 Å². The molecule has 0 saturated heterocycles. The minimum atomic E-state index is 0.844. The maximum atomic E-state index is 5.66. The second-order valence-corrected chi connectivity index (χ2v) is 5.16. The maximum Gasteiger partial charge on any atom is 0.0338 e. The Hall–Kier alpha value is 0.830. The van der Waals surface area contributed by atoms with Crippen molar-refractivity contribution in [3.05, 3.63) is 19.3 Å². The van der Waals surface area contributed by atoms with E-state index in [4.69, 9.17) is 5.73 Å². The Morgan fingerprint density at radius 2 is 1.73 bits per heavy atom. The Morgan fingerprint density at radius 1 is 1.27 bits per heavy atom. The molecular formula is C7H7I2NS. The van der Waals surface area contributed by atoms with Crippen molar-refractivity contribution in [2.75, 3.05) is 12.0 Å². The summed E-state index contributed by atoms with van der Waals surface area (Å²) in [6.45, 7) is 0. The van der Waals surface area contributed by atoms with Crippen molar-refractivity contribution in [1.29, 1.82) is 0 Å². The molecule has 1 aromatic carbocycles. The van der Waals surface area contributed by atoms with Crippen molar-refractivity contribution in [3.8, 4) is 0 Å². The Balaban J connectivity index is 3.25. The van der Waals surface area contributed by atoms with Gasteiger partial charge < -0.3 is 5.73 Å². The van der Waals surface area contributed by atoms with Crippen LogP contribution in [-0.2, 0) is 0 Å². The Kier molecular flexibility index (Phi) is 3.76. The number of rotatable bonds is 1. The molecule has 0 fully saturated rings. The molecule has 0 aliphatic rings. The molecule has 0 heterocycles. The predicted molar refractivity (Wildman–Crippen MR) is 68.1 cm³/mol. The average Bonchev–Trinajstić information content (AvgIpc) is 1.85. The van der Waals surface area contributed by atoms with Crippen molar-refractivity contribution >= 4 is 62.6 Å². The molecule has 0 amide bonds. The van der Waals surface area contributed by atoms with Gasteiger partial charge in [0.2, 0.25) is 0 Å². The summed E-state index contributed by atoms with van der Waals surface area (Å²) >= 11 is 6.37. The monoisotopic (exact) mass is 391 g/mol. The van der Waals surface area contributed by atoms with Gasteiger partial charge in [0.15, 0.2) is 0 Å². The van der Waals surface area contributed by atoms with E-state index in [9.17, 15) is 0 Å². The average molecular weight is 391 g/mol. The standard InChI is InChI=1S/C7H7I2NS/c1-11-7-5(8)2-4(10)3-6(7)9/h2-3H,10H2,1H3. The van der Waals surface area contributed by atoms with Crippen molar-refractivity contribution in [2.45, 2.75) is 4.90 Å². The molecule has 1 nitrogen and oxygen atoms in total. The smallest absolute Gasteiger partial charge is 0.0338 e. The molecule has 2 N–H and O–H groups in total. The van der Waals surface area contributed by atoms with Crippen LogP contribution in [-0.4, -0.2) is 6.26 Å². The quantitative estimate of drug-likeness (QED) is 0.452. The molecule has 1 aromatic rings. The highest BCUT2D eigenvalue weighted by molar-refractivity contribution is 14.1. The lowest BCUT2D eigenvalue weighted by molar-refractivity contribution is 1.36. The zero-order valence-electron chi connectivity index (χ0n) is 5.90. The zero-order valence-corrected chi connectivity index (χ0v) is 11.0. The van der Waals surface area contributed by atoms with Crippen LogP contribution >= 0.6 is 56.9 Å². The van der Waals surface area contributed by atoms with E-state index in [1.165, 1.54) is 12.0 Å². The van der Waals surface area contributed by atoms with E-state index in [0.717, 1.165) is 5.69 Å². The van der Waals surface area contributed by atoms with Gasteiger partial charge >= 0.3 is 0 Å². The predicted octanol–water partition coefficient (Wildman–Crippen LogP) is 3.20. The molecule has 0 atom stereocenters. The number of hydrogen-bond donors (Lipinski definition) is 1. The molecule has 60 valence electrons. The highest BCUT2D eigenvalue weighted by Gasteiger charge is 2.03. The number of hydrogen-bond acceptors (Lipinski definition) is 2. The van der Waals surface area contributed by atoms with Gasteiger partial charge in [0.05, 0.1) is 0 Å². The first-order valence-corrected chi connectivity index (χ1v) is 6.32. The van der Waals surface area contributed by atoms with Gasteiger partial charge in [0, 0.05) is 17.7 Å². The third kappa shape index (κ3) is 2.38. The first-order chi connectivity index (χ1) is 5.15.